The Bertz CT molecular complexity index is 861. The van der Waals surface area contributed by atoms with Crippen molar-refractivity contribution in [2.75, 3.05) is 6.61 Å². The molecule has 0 N–H and O–H groups in total. The first-order chi connectivity index (χ1) is 11.0. The highest BCUT2D eigenvalue weighted by Gasteiger charge is 2.31. The summed E-state index contributed by atoms with van der Waals surface area (Å²) in [7, 11) is 0. The second kappa shape index (κ2) is 5.01. The zero-order valence-electron chi connectivity index (χ0n) is 13.6. The van der Waals surface area contributed by atoms with Crippen molar-refractivity contribution >= 4 is 11.0 Å². The minimum atomic E-state index is -0.212. The van der Waals surface area contributed by atoms with Crippen LogP contribution in [-0.4, -0.2) is 16.2 Å². The first-order valence-corrected chi connectivity index (χ1v) is 7.90. The van der Waals surface area contributed by atoms with Crippen molar-refractivity contribution in [2.24, 2.45) is 0 Å². The number of ether oxygens (including phenoxy) is 2. The maximum absolute atomic E-state index is 6.18. The average Bonchev–Trinajstić information content (AvgIpc) is 2.94. The molecular formula is C19H20N2O2. The van der Waals surface area contributed by atoms with E-state index >= 15 is 0 Å². The highest BCUT2D eigenvalue weighted by atomic mass is 16.6. The molecule has 1 aliphatic rings. The number of rotatable bonds is 1. The van der Waals surface area contributed by atoms with Crippen LogP contribution < -0.4 is 9.47 Å². The van der Waals surface area contributed by atoms with Crippen LogP contribution in [0.5, 0.6) is 11.5 Å². The van der Waals surface area contributed by atoms with Crippen LogP contribution in [0.2, 0.25) is 0 Å². The van der Waals surface area contributed by atoms with Gasteiger partial charge >= 0.3 is 0 Å². The van der Waals surface area contributed by atoms with Crippen LogP contribution in [0.1, 0.15) is 32.7 Å². The zero-order chi connectivity index (χ0) is 16.0. The number of fused-ring (bicyclic) bond motifs is 2. The zero-order valence-corrected chi connectivity index (χ0v) is 13.6. The van der Waals surface area contributed by atoms with Crippen LogP contribution in [-0.2, 0) is 5.54 Å². The Morgan fingerprint density at radius 3 is 2.48 bits per heavy atom. The molecule has 0 aliphatic carbocycles. The fourth-order valence-corrected chi connectivity index (χ4v) is 3.11. The number of hydrogen-bond donors (Lipinski definition) is 0. The van der Waals surface area contributed by atoms with Crippen molar-refractivity contribution in [2.45, 2.75) is 32.4 Å². The van der Waals surface area contributed by atoms with E-state index in [4.69, 9.17) is 14.5 Å². The second-order valence-electron chi connectivity index (χ2n) is 6.83. The quantitative estimate of drug-likeness (QED) is 0.672. The molecule has 1 aromatic heterocycles. The van der Waals surface area contributed by atoms with Crippen molar-refractivity contribution in [3.05, 3.63) is 54.4 Å². The lowest BCUT2D eigenvalue weighted by Gasteiger charge is -2.30. The van der Waals surface area contributed by atoms with E-state index < -0.39 is 0 Å². The molecule has 1 unspecified atom stereocenters. The van der Waals surface area contributed by atoms with Crippen molar-refractivity contribution in [1.29, 1.82) is 0 Å². The van der Waals surface area contributed by atoms with Gasteiger partial charge in [-0.2, -0.15) is 0 Å². The Kier molecular flexibility index (Phi) is 3.08. The molecule has 0 radical (unpaired) electrons. The monoisotopic (exact) mass is 308 g/mol. The van der Waals surface area contributed by atoms with Gasteiger partial charge in [0.25, 0.3) is 0 Å². The summed E-state index contributed by atoms with van der Waals surface area (Å²) in [6, 6.07) is 16.0. The van der Waals surface area contributed by atoms with Gasteiger partial charge in [0.2, 0.25) is 0 Å². The summed E-state index contributed by atoms with van der Waals surface area (Å²) < 4.78 is 14.3. The third kappa shape index (κ3) is 2.34. The van der Waals surface area contributed by atoms with Crippen LogP contribution in [0.15, 0.2) is 48.5 Å². The summed E-state index contributed by atoms with van der Waals surface area (Å²) in [5, 5.41) is 0. The molecule has 4 rings (SSSR count). The molecule has 0 saturated carbocycles. The van der Waals surface area contributed by atoms with Gasteiger partial charge in [-0.25, -0.2) is 4.98 Å². The van der Waals surface area contributed by atoms with E-state index in [1.165, 1.54) is 0 Å². The van der Waals surface area contributed by atoms with Gasteiger partial charge in [-0.05, 0) is 45.0 Å². The second-order valence-corrected chi connectivity index (χ2v) is 6.83. The Morgan fingerprint density at radius 1 is 1.00 bits per heavy atom. The van der Waals surface area contributed by atoms with Gasteiger partial charge in [-0.15, -0.1) is 0 Å². The molecule has 4 nitrogen and oxygen atoms in total. The Morgan fingerprint density at radius 2 is 1.70 bits per heavy atom. The molecule has 118 valence electrons. The van der Waals surface area contributed by atoms with Crippen LogP contribution in [0.25, 0.3) is 11.0 Å². The highest BCUT2D eigenvalue weighted by Crippen LogP contribution is 2.37. The van der Waals surface area contributed by atoms with Crippen molar-refractivity contribution in [3.8, 4) is 11.5 Å². The molecule has 2 aromatic carbocycles. The van der Waals surface area contributed by atoms with Crippen molar-refractivity contribution in [1.82, 2.24) is 9.55 Å². The molecule has 3 aromatic rings. The van der Waals surface area contributed by atoms with Gasteiger partial charge in [-0.3, -0.25) is 0 Å². The lowest BCUT2D eigenvalue weighted by Crippen LogP contribution is -2.30. The topological polar surface area (TPSA) is 36.3 Å². The summed E-state index contributed by atoms with van der Waals surface area (Å²) in [6.07, 6.45) is -0.212. The van der Waals surface area contributed by atoms with E-state index in [0.29, 0.717) is 6.61 Å². The number of benzene rings is 2. The van der Waals surface area contributed by atoms with Crippen molar-refractivity contribution in [3.63, 3.8) is 0 Å². The first-order valence-electron chi connectivity index (χ1n) is 7.90. The molecular weight excluding hydrogens is 288 g/mol. The van der Waals surface area contributed by atoms with E-state index in [-0.39, 0.29) is 11.6 Å². The van der Waals surface area contributed by atoms with E-state index in [2.05, 4.69) is 31.4 Å². The lowest BCUT2D eigenvalue weighted by molar-refractivity contribution is 0.0797. The number of para-hydroxylation sites is 4. The summed E-state index contributed by atoms with van der Waals surface area (Å²) in [5.41, 5.74) is 2.02. The lowest BCUT2D eigenvalue weighted by atomic mass is 10.1. The Labute approximate surface area is 135 Å². The molecule has 4 heteroatoms. The molecule has 0 amide bonds. The molecule has 0 bridgehead atoms. The SMILES string of the molecule is CC(C)(C)n1c(C2COc3ccccc3O2)nc2ccccc21. The fraction of sp³-hybridized carbons (Fsp3) is 0.316. The average molecular weight is 308 g/mol. The van der Waals surface area contributed by atoms with E-state index in [1.54, 1.807) is 0 Å². The number of nitrogens with zero attached hydrogens (tertiary/aromatic N) is 2. The molecule has 2 heterocycles. The van der Waals surface area contributed by atoms with Gasteiger partial charge in [0.05, 0.1) is 11.0 Å². The van der Waals surface area contributed by atoms with Gasteiger partial charge < -0.3 is 14.0 Å². The first kappa shape index (κ1) is 14.1. The van der Waals surface area contributed by atoms with Crippen molar-refractivity contribution < 1.29 is 9.47 Å². The van der Waals surface area contributed by atoms with Crippen LogP contribution in [0.3, 0.4) is 0 Å². The third-order valence-electron chi connectivity index (χ3n) is 4.05. The number of aromatic nitrogens is 2. The molecule has 23 heavy (non-hydrogen) atoms. The van der Waals surface area contributed by atoms with E-state index in [9.17, 15) is 0 Å². The van der Waals surface area contributed by atoms with Crippen LogP contribution >= 0.6 is 0 Å². The maximum atomic E-state index is 6.18. The Hall–Kier alpha value is -2.49. The van der Waals surface area contributed by atoms with Crippen LogP contribution in [0, 0.1) is 0 Å². The minimum absolute atomic E-state index is 0.0915. The van der Waals surface area contributed by atoms with E-state index in [1.807, 2.05) is 42.5 Å². The standard InChI is InChI=1S/C19H20N2O2/c1-19(2,3)21-14-9-5-4-8-13(14)20-18(21)17-12-22-15-10-6-7-11-16(15)23-17/h4-11,17H,12H2,1-3H3. The predicted octanol–water partition coefficient (Wildman–Crippen LogP) is 4.30. The Balaban J connectivity index is 1.84. The highest BCUT2D eigenvalue weighted by molar-refractivity contribution is 5.76. The molecule has 0 saturated heterocycles. The number of hydrogen-bond acceptors (Lipinski definition) is 3. The number of imidazole rings is 1. The van der Waals surface area contributed by atoms with Crippen LogP contribution in [0.4, 0.5) is 0 Å². The largest absolute Gasteiger partial charge is 0.485 e. The minimum Gasteiger partial charge on any atom is -0.485 e. The predicted molar refractivity (Wildman–Crippen MR) is 90.0 cm³/mol. The maximum Gasteiger partial charge on any atom is 0.190 e. The summed E-state index contributed by atoms with van der Waals surface area (Å²) in [4.78, 5) is 4.83. The van der Waals surface area contributed by atoms with Gasteiger partial charge in [0.15, 0.2) is 23.4 Å². The molecule has 0 spiro atoms. The fourth-order valence-electron chi connectivity index (χ4n) is 3.11. The third-order valence-corrected chi connectivity index (χ3v) is 4.05. The van der Waals surface area contributed by atoms with Gasteiger partial charge in [0.1, 0.15) is 6.61 Å². The summed E-state index contributed by atoms with van der Waals surface area (Å²) >= 11 is 0. The molecule has 1 aliphatic heterocycles. The normalized spacial score (nSPS) is 17.4. The van der Waals surface area contributed by atoms with Gasteiger partial charge in [0, 0.05) is 5.54 Å². The molecule has 0 fully saturated rings. The summed E-state index contributed by atoms with van der Waals surface area (Å²) in [6.45, 7) is 7.02. The van der Waals surface area contributed by atoms with Gasteiger partial charge in [-0.1, -0.05) is 24.3 Å². The smallest absolute Gasteiger partial charge is 0.190 e. The summed E-state index contributed by atoms with van der Waals surface area (Å²) in [5.74, 6) is 2.48. The molecule has 1 atom stereocenters. The van der Waals surface area contributed by atoms with E-state index in [0.717, 1.165) is 28.4 Å².